The monoisotopic (exact) mass is 299 g/mol. The van der Waals surface area contributed by atoms with Crippen molar-refractivity contribution >= 4 is 6.09 Å². The predicted octanol–water partition coefficient (Wildman–Crippen LogP) is 3.04. The van der Waals surface area contributed by atoms with E-state index < -0.39 is 12.4 Å². The first-order valence-corrected chi connectivity index (χ1v) is 6.73. The molecule has 7 heteroatoms. The van der Waals surface area contributed by atoms with Crippen LogP contribution in [0.4, 0.5) is 13.6 Å². The van der Waals surface area contributed by atoms with Crippen molar-refractivity contribution in [3.05, 3.63) is 23.3 Å². The molecule has 5 nitrogen and oxygen atoms in total. The standard InChI is InChI=1S/C14H15F2NO4/c1-17(13(18)19)7-9-4-2-3-8-5-6-10-12(11(8)9)21-14(15,16)20-10/h5-6,9H,2-4,7H2,1H3,(H,18,19). The molecule has 1 N–H and O–H groups in total. The fourth-order valence-electron chi connectivity index (χ4n) is 3.01. The Bertz CT molecular complexity index is 591. The average Bonchev–Trinajstić information content (AvgIpc) is 2.72. The van der Waals surface area contributed by atoms with Gasteiger partial charge < -0.3 is 19.5 Å². The second-order valence-corrected chi connectivity index (χ2v) is 5.39. The van der Waals surface area contributed by atoms with Crippen molar-refractivity contribution in [2.24, 2.45) is 0 Å². The van der Waals surface area contributed by atoms with Crippen molar-refractivity contribution in [3.8, 4) is 11.5 Å². The maximum Gasteiger partial charge on any atom is 0.586 e. The lowest BCUT2D eigenvalue weighted by molar-refractivity contribution is -0.287. The molecule has 3 rings (SSSR count). The smallest absolute Gasteiger partial charge is 0.465 e. The Kier molecular flexibility index (Phi) is 3.15. The number of nitrogens with zero attached hydrogens (tertiary/aromatic N) is 1. The molecule has 1 heterocycles. The van der Waals surface area contributed by atoms with Crippen molar-refractivity contribution in [2.75, 3.05) is 13.6 Å². The van der Waals surface area contributed by atoms with E-state index in [2.05, 4.69) is 9.47 Å². The zero-order valence-electron chi connectivity index (χ0n) is 11.4. The first-order chi connectivity index (χ1) is 9.87. The lowest BCUT2D eigenvalue weighted by Crippen LogP contribution is -2.31. The summed E-state index contributed by atoms with van der Waals surface area (Å²) in [6, 6.07) is 3.24. The molecule has 1 aliphatic carbocycles. The Morgan fingerprint density at radius 1 is 1.48 bits per heavy atom. The molecule has 1 amide bonds. The van der Waals surface area contributed by atoms with E-state index in [0.717, 1.165) is 29.7 Å². The van der Waals surface area contributed by atoms with Gasteiger partial charge in [-0.05, 0) is 30.9 Å². The number of carboxylic acid groups (broad SMARTS) is 1. The van der Waals surface area contributed by atoms with Crippen molar-refractivity contribution in [2.45, 2.75) is 31.5 Å². The predicted molar refractivity (Wildman–Crippen MR) is 69.0 cm³/mol. The second kappa shape index (κ2) is 4.75. The van der Waals surface area contributed by atoms with E-state index in [0.29, 0.717) is 5.56 Å². The number of hydrogen-bond donors (Lipinski definition) is 1. The van der Waals surface area contributed by atoms with Crippen LogP contribution in [0.15, 0.2) is 12.1 Å². The third-order valence-corrected chi connectivity index (χ3v) is 3.93. The Morgan fingerprint density at radius 2 is 2.24 bits per heavy atom. The molecule has 114 valence electrons. The molecular weight excluding hydrogens is 284 g/mol. The van der Waals surface area contributed by atoms with Gasteiger partial charge in [0.1, 0.15) is 0 Å². The van der Waals surface area contributed by atoms with Gasteiger partial charge in [0.2, 0.25) is 0 Å². The molecule has 0 saturated carbocycles. The minimum absolute atomic E-state index is 0.0172. The van der Waals surface area contributed by atoms with Crippen LogP contribution in [0, 0.1) is 0 Å². The van der Waals surface area contributed by atoms with E-state index in [9.17, 15) is 13.6 Å². The molecule has 21 heavy (non-hydrogen) atoms. The molecule has 0 aromatic heterocycles. The summed E-state index contributed by atoms with van der Waals surface area (Å²) in [4.78, 5) is 12.1. The molecule has 2 aliphatic rings. The lowest BCUT2D eigenvalue weighted by atomic mass is 9.81. The summed E-state index contributed by atoms with van der Waals surface area (Å²) in [5.74, 6) is -0.0908. The number of alkyl halides is 2. The van der Waals surface area contributed by atoms with Gasteiger partial charge in [0, 0.05) is 25.1 Å². The molecule has 1 aliphatic heterocycles. The number of carbonyl (C=O) groups is 1. The average molecular weight is 299 g/mol. The van der Waals surface area contributed by atoms with E-state index in [1.54, 1.807) is 6.07 Å². The molecule has 0 radical (unpaired) electrons. The summed E-state index contributed by atoms with van der Waals surface area (Å²) in [5, 5.41) is 8.99. The highest BCUT2D eigenvalue weighted by Crippen LogP contribution is 2.49. The van der Waals surface area contributed by atoms with Gasteiger partial charge in [-0.3, -0.25) is 0 Å². The summed E-state index contributed by atoms with van der Waals surface area (Å²) >= 11 is 0. The maximum atomic E-state index is 13.3. The fraction of sp³-hybridized carbons (Fsp3) is 0.500. The van der Waals surface area contributed by atoms with Crippen LogP contribution < -0.4 is 9.47 Å². The van der Waals surface area contributed by atoms with Gasteiger partial charge in [-0.25, -0.2) is 4.79 Å². The highest BCUT2D eigenvalue weighted by Gasteiger charge is 2.46. The van der Waals surface area contributed by atoms with Crippen LogP contribution in [-0.4, -0.2) is 36.0 Å². The number of amides is 1. The molecular formula is C14H15F2NO4. The van der Waals surface area contributed by atoms with E-state index in [1.165, 1.54) is 13.1 Å². The van der Waals surface area contributed by atoms with Crippen LogP contribution in [0.3, 0.4) is 0 Å². The largest absolute Gasteiger partial charge is 0.586 e. The first kappa shape index (κ1) is 13.9. The third kappa shape index (κ3) is 2.48. The quantitative estimate of drug-likeness (QED) is 0.912. The second-order valence-electron chi connectivity index (χ2n) is 5.39. The third-order valence-electron chi connectivity index (χ3n) is 3.93. The van der Waals surface area contributed by atoms with Gasteiger partial charge in [0.25, 0.3) is 0 Å². The molecule has 1 unspecified atom stereocenters. The maximum absolute atomic E-state index is 13.3. The zero-order valence-corrected chi connectivity index (χ0v) is 11.4. The first-order valence-electron chi connectivity index (χ1n) is 6.73. The molecule has 0 saturated heterocycles. The molecule has 1 aromatic rings. The number of rotatable bonds is 2. The summed E-state index contributed by atoms with van der Waals surface area (Å²) in [5.41, 5.74) is 1.58. The minimum Gasteiger partial charge on any atom is -0.465 e. The van der Waals surface area contributed by atoms with Crippen LogP contribution in [0.25, 0.3) is 0 Å². The van der Waals surface area contributed by atoms with Crippen molar-refractivity contribution in [3.63, 3.8) is 0 Å². The molecule has 0 fully saturated rings. The Hall–Kier alpha value is -2.05. The number of hydrogen-bond acceptors (Lipinski definition) is 3. The van der Waals surface area contributed by atoms with Crippen LogP contribution in [-0.2, 0) is 6.42 Å². The number of fused-ring (bicyclic) bond motifs is 3. The van der Waals surface area contributed by atoms with Crippen molar-refractivity contribution in [1.82, 2.24) is 4.90 Å². The summed E-state index contributed by atoms with van der Waals surface area (Å²) in [6.45, 7) is 0.244. The Labute approximate surface area is 120 Å². The molecule has 1 atom stereocenters. The van der Waals surface area contributed by atoms with Crippen LogP contribution >= 0.6 is 0 Å². The molecule has 0 bridgehead atoms. The van der Waals surface area contributed by atoms with Crippen molar-refractivity contribution in [1.29, 1.82) is 0 Å². The number of ether oxygens (including phenoxy) is 2. The Balaban J connectivity index is 1.97. The van der Waals surface area contributed by atoms with E-state index in [-0.39, 0.29) is 24.0 Å². The lowest BCUT2D eigenvalue weighted by Gasteiger charge is -2.29. The fourth-order valence-corrected chi connectivity index (χ4v) is 3.01. The van der Waals surface area contributed by atoms with Gasteiger partial charge in [-0.15, -0.1) is 8.78 Å². The van der Waals surface area contributed by atoms with E-state index >= 15 is 0 Å². The number of likely N-dealkylation sites (N-methyl/N-ethyl adjacent to an activating group) is 1. The number of halogens is 2. The van der Waals surface area contributed by atoms with Gasteiger partial charge in [-0.1, -0.05) is 6.07 Å². The van der Waals surface area contributed by atoms with Crippen LogP contribution in [0.1, 0.15) is 29.9 Å². The van der Waals surface area contributed by atoms with Gasteiger partial charge in [0.15, 0.2) is 11.5 Å². The van der Waals surface area contributed by atoms with Crippen molar-refractivity contribution < 1.29 is 28.2 Å². The number of benzene rings is 1. The summed E-state index contributed by atoms with van der Waals surface area (Å²) in [7, 11) is 1.46. The normalized spacial score (nSPS) is 21.8. The SMILES string of the molecule is CN(CC1CCCc2ccc3c(c21)OC(F)(F)O3)C(=O)O. The number of aryl methyl sites for hydroxylation is 1. The molecule has 1 aromatic carbocycles. The van der Waals surface area contributed by atoms with Gasteiger partial charge in [0.05, 0.1) is 0 Å². The van der Waals surface area contributed by atoms with Crippen LogP contribution in [0.2, 0.25) is 0 Å². The highest BCUT2D eigenvalue weighted by molar-refractivity contribution is 5.65. The summed E-state index contributed by atoms with van der Waals surface area (Å²) < 4.78 is 35.7. The minimum atomic E-state index is -3.65. The van der Waals surface area contributed by atoms with Crippen LogP contribution in [0.5, 0.6) is 11.5 Å². The van der Waals surface area contributed by atoms with Gasteiger partial charge in [-0.2, -0.15) is 0 Å². The Morgan fingerprint density at radius 3 is 2.95 bits per heavy atom. The van der Waals surface area contributed by atoms with E-state index in [4.69, 9.17) is 5.11 Å². The van der Waals surface area contributed by atoms with Gasteiger partial charge >= 0.3 is 12.4 Å². The van der Waals surface area contributed by atoms with E-state index in [1.807, 2.05) is 0 Å². The zero-order chi connectivity index (χ0) is 15.2. The topological polar surface area (TPSA) is 59.0 Å². The molecule has 0 spiro atoms. The summed E-state index contributed by atoms with van der Waals surface area (Å²) in [6.07, 6.45) is -2.31. The highest BCUT2D eigenvalue weighted by atomic mass is 19.3.